The summed E-state index contributed by atoms with van der Waals surface area (Å²) in [5.41, 5.74) is 2.41. The average molecular weight is 320 g/mol. The van der Waals surface area contributed by atoms with Crippen LogP contribution in [0, 0.1) is 0 Å². The van der Waals surface area contributed by atoms with Crippen molar-refractivity contribution < 1.29 is 9.84 Å². The molecule has 0 aliphatic rings. The van der Waals surface area contributed by atoms with Crippen molar-refractivity contribution in [1.29, 1.82) is 0 Å². The number of hydrogen-bond acceptors (Lipinski definition) is 2. The van der Waals surface area contributed by atoms with Gasteiger partial charge in [-0.05, 0) is 41.7 Å². The van der Waals surface area contributed by atoms with Gasteiger partial charge >= 0.3 is 0 Å². The lowest BCUT2D eigenvalue weighted by Crippen LogP contribution is -2.26. The van der Waals surface area contributed by atoms with E-state index in [0.29, 0.717) is 13.0 Å². The van der Waals surface area contributed by atoms with Gasteiger partial charge in [0.25, 0.3) is 0 Å². The minimum atomic E-state index is -0.465. The fraction of sp³-hybridized carbons (Fsp3) is 0.273. The molecule has 2 unspecified atom stereocenters. The predicted molar refractivity (Wildman–Crippen MR) is 99.0 cm³/mol. The molecule has 0 aromatic heterocycles. The van der Waals surface area contributed by atoms with Crippen molar-refractivity contribution >= 4 is 10.8 Å². The quantitative estimate of drug-likeness (QED) is 0.681. The molecule has 1 N–H and O–H groups in total. The van der Waals surface area contributed by atoms with Gasteiger partial charge in [0, 0.05) is 0 Å². The van der Waals surface area contributed by atoms with E-state index in [4.69, 9.17) is 4.74 Å². The van der Waals surface area contributed by atoms with Gasteiger partial charge in [0.1, 0.15) is 0 Å². The third kappa shape index (κ3) is 4.22. The third-order valence-electron chi connectivity index (χ3n) is 4.49. The van der Waals surface area contributed by atoms with Gasteiger partial charge in [-0.2, -0.15) is 0 Å². The minimum Gasteiger partial charge on any atom is -0.390 e. The summed E-state index contributed by atoms with van der Waals surface area (Å²) in [6.07, 6.45) is 0.902. The highest BCUT2D eigenvalue weighted by Gasteiger charge is 2.15. The van der Waals surface area contributed by atoms with Crippen LogP contribution in [0.4, 0.5) is 0 Å². The highest BCUT2D eigenvalue weighted by atomic mass is 16.5. The van der Waals surface area contributed by atoms with Crippen LogP contribution in [0.1, 0.15) is 24.5 Å². The van der Waals surface area contributed by atoms with Crippen LogP contribution in [0.2, 0.25) is 0 Å². The second-order valence-electron chi connectivity index (χ2n) is 6.25. The highest BCUT2D eigenvalue weighted by molar-refractivity contribution is 5.85. The first-order valence-corrected chi connectivity index (χ1v) is 8.54. The largest absolute Gasteiger partial charge is 0.390 e. The fourth-order valence-electron chi connectivity index (χ4n) is 2.96. The molecule has 124 valence electrons. The molecule has 2 nitrogen and oxygen atoms in total. The molecular weight excluding hydrogens is 296 g/mol. The number of aliphatic hydroxyl groups is 1. The van der Waals surface area contributed by atoms with Gasteiger partial charge in [-0.15, -0.1) is 0 Å². The fourth-order valence-corrected chi connectivity index (χ4v) is 2.96. The highest BCUT2D eigenvalue weighted by Crippen LogP contribution is 2.21. The van der Waals surface area contributed by atoms with Crippen molar-refractivity contribution in [3.8, 4) is 0 Å². The molecule has 2 atom stereocenters. The summed E-state index contributed by atoms with van der Waals surface area (Å²) >= 11 is 0. The normalized spacial score (nSPS) is 13.8. The summed E-state index contributed by atoms with van der Waals surface area (Å²) in [6.45, 7) is 2.48. The van der Waals surface area contributed by atoms with Gasteiger partial charge < -0.3 is 9.84 Å². The van der Waals surface area contributed by atoms with Crippen LogP contribution in [0.5, 0.6) is 0 Å². The molecule has 0 spiro atoms. The van der Waals surface area contributed by atoms with E-state index in [0.717, 1.165) is 12.0 Å². The van der Waals surface area contributed by atoms with Gasteiger partial charge in [-0.25, -0.2) is 0 Å². The Morgan fingerprint density at radius 2 is 1.58 bits per heavy atom. The molecule has 0 fully saturated rings. The zero-order valence-corrected chi connectivity index (χ0v) is 14.1. The van der Waals surface area contributed by atoms with E-state index >= 15 is 0 Å². The van der Waals surface area contributed by atoms with E-state index in [1.165, 1.54) is 16.3 Å². The average Bonchev–Trinajstić information content (AvgIpc) is 2.65. The van der Waals surface area contributed by atoms with Crippen LogP contribution >= 0.6 is 0 Å². The summed E-state index contributed by atoms with van der Waals surface area (Å²) in [6, 6.07) is 24.8. The standard InChI is InChI=1S/C22H24O2/c1-17(24-16-18-8-3-2-4-9-18)22(23)15-14-20-12-7-11-19-10-5-6-13-21(19)20/h2-13,17,22-23H,14-16H2,1H3. The molecule has 3 aromatic rings. The van der Waals surface area contributed by atoms with Crippen LogP contribution in [-0.4, -0.2) is 17.3 Å². The van der Waals surface area contributed by atoms with Gasteiger partial charge in [0.2, 0.25) is 0 Å². The third-order valence-corrected chi connectivity index (χ3v) is 4.49. The van der Waals surface area contributed by atoms with Gasteiger partial charge in [-0.1, -0.05) is 72.8 Å². The van der Waals surface area contributed by atoms with Crippen LogP contribution < -0.4 is 0 Å². The molecule has 0 radical (unpaired) electrons. The second kappa shape index (κ2) is 8.09. The predicted octanol–water partition coefficient (Wildman–Crippen LogP) is 4.74. The molecule has 0 bridgehead atoms. The maximum absolute atomic E-state index is 10.4. The van der Waals surface area contributed by atoms with Crippen LogP contribution in [0.25, 0.3) is 10.8 Å². The van der Waals surface area contributed by atoms with E-state index in [2.05, 4.69) is 42.5 Å². The van der Waals surface area contributed by atoms with Gasteiger partial charge in [-0.3, -0.25) is 0 Å². The van der Waals surface area contributed by atoms with Crippen LogP contribution in [0.3, 0.4) is 0 Å². The molecule has 3 aromatic carbocycles. The van der Waals surface area contributed by atoms with Gasteiger partial charge in [0.15, 0.2) is 0 Å². The molecule has 0 amide bonds. The molecule has 0 saturated carbocycles. The maximum Gasteiger partial charge on any atom is 0.0810 e. The number of aryl methyl sites for hydroxylation is 1. The van der Waals surface area contributed by atoms with Crippen molar-refractivity contribution in [3.63, 3.8) is 0 Å². The van der Waals surface area contributed by atoms with Crippen molar-refractivity contribution in [1.82, 2.24) is 0 Å². The summed E-state index contributed by atoms with van der Waals surface area (Å²) in [7, 11) is 0. The number of benzene rings is 3. The molecule has 0 aliphatic heterocycles. The zero-order chi connectivity index (χ0) is 16.8. The second-order valence-corrected chi connectivity index (χ2v) is 6.25. The topological polar surface area (TPSA) is 29.5 Å². The minimum absolute atomic E-state index is 0.180. The summed E-state index contributed by atoms with van der Waals surface area (Å²) in [5.74, 6) is 0. The lowest BCUT2D eigenvalue weighted by molar-refractivity contribution is -0.0377. The Morgan fingerprint density at radius 3 is 2.42 bits per heavy atom. The monoisotopic (exact) mass is 320 g/mol. The Hall–Kier alpha value is -2.16. The summed E-state index contributed by atoms with van der Waals surface area (Å²) in [5, 5.41) is 12.9. The Kier molecular flexibility index (Phi) is 5.63. The SMILES string of the molecule is CC(OCc1ccccc1)C(O)CCc1cccc2ccccc12. The number of aliphatic hydroxyl groups excluding tert-OH is 1. The van der Waals surface area contributed by atoms with E-state index < -0.39 is 6.10 Å². The molecule has 2 heteroatoms. The number of ether oxygens (including phenoxy) is 1. The van der Waals surface area contributed by atoms with E-state index in [9.17, 15) is 5.11 Å². The Morgan fingerprint density at radius 1 is 0.875 bits per heavy atom. The van der Waals surface area contributed by atoms with Gasteiger partial charge in [0.05, 0.1) is 18.8 Å². The first-order valence-electron chi connectivity index (χ1n) is 8.54. The lowest BCUT2D eigenvalue weighted by Gasteiger charge is -2.20. The van der Waals surface area contributed by atoms with E-state index in [-0.39, 0.29) is 6.10 Å². The number of rotatable bonds is 7. The first kappa shape index (κ1) is 16.7. The smallest absolute Gasteiger partial charge is 0.0810 e. The molecular formula is C22H24O2. The Bertz CT molecular complexity index is 762. The summed E-state index contributed by atoms with van der Waals surface area (Å²) < 4.78 is 5.82. The van der Waals surface area contributed by atoms with Crippen LogP contribution in [-0.2, 0) is 17.8 Å². The van der Waals surface area contributed by atoms with Crippen molar-refractivity contribution in [3.05, 3.63) is 83.9 Å². The molecule has 3 rings (SSSR count). The Labute approximate surface area is 143 Å². The van der Waals surface area contributed by atoms with E-state index in [1.807, 2.05) is 37.3 Å². The lowest BCUT2D eigenvalue weighted by atomic mass is 9.98. The first-order chi connectivity index (χ1) is 11.7. The van der Waals surface area contributed by atoms with Crippen molar-refractivity contribution in [2.75, 3.05) is 0 Å². The number of fused-ring (bicyclic) bond motifs is 1. The summed E-state index contributed by atoms with van der Waals surface area (Å²) in [4.78, 5) is 0. The molecule has 24 heavy (non-hydrogen) atoms. The molecule has 0 aliphatic carbocycles. The van der Waals surface area contributed by atoms with Crippen molar-refractivity contribution in [2.24, 2.45) is 0 Å². The number of hydrogen-bond donors (Lipinski definition) is 1. The van der Waals surface area contributed by atoms with Crippen molar-refractivity contribution in [2.45, 2.75) is 38.6 Å². The van der Waals surface area contributed by atoms with Crippen LogP contribution in [0.15, 0.2) is 72.8 Å². The maximum atomic E-state index is 10.4. The Balaban J connectivity index is 1.55. The zero-order valence-electron chi connectivity index (χ0n) is 14.1. The molecule has 0 heterocycles. The molecule has 0 saturated heterocycles. The van der Waals surface area contributed by atoms with E-state index in [1.54, 1.807) is 0 Å².